The highest BCUT2D eigenvalue weighted by molar-refractivity contribution is 6.30. The fraction of sp³-hybridized carbons (Fsp3) is 0.350. The van der Waals surface area contributed by atoms with Crippen molar-refractivity contribution in [3.8, 4) is 0 Å². The average molecular weight is 387 g/mol. The molecule has 2 fully saturated rings. The summed E-state index contributed by atoms with van der Waals surface area (Å²) >= 11 is 5.91. The molecule has 140 valence electrons. The number of nitrogens with one attached hydrogen (secondary N) is 2. The maximum atomic E-state index is 12.9. The summed E-state index contributed by atoms with van der Waals surface area (Å²) in [6, 6.07) is 13.1. The fourth-order valence-corrected chi connectivity index (χ4v) is 4.03. The van der Waals surface area contributed by atoms with Crippen LogP contribution in [0, 0.1) is 0 Å². The lowest BCUT2D eigenvalue weighted by Gasteiger charge is -2.31. The van der Waals surface area contributed by atoms with E-state index in [2.05, 4.69) is 16.0 Å². The molecule has 3 heterocycles. The first-order chi connectivity index (χ1) is 13.1. The minimum atomic E-state index is -0.258. The molecule has 0 spiro atoms. The Labute approximate surface area is 163 Å². The van der Waals surface area contributed by atoms with Gasteiger partial charge < -0.3 is 4.90 Å². The van der Waals surface area contributed by atoms with E-state index in [0.717, 1.165) is 37.6 Å². The van der Waals surface area contributed by atoms with Crippen LogP contribution in [-0.2, 0) is 16.1 Å². The SMILES string of the molecule is O=C1C[C@@H]([NH+]2CCN(c3cccc[nH+]3)CC2)C(=O)N1Cc1ccc(Cl)cc1. The zero-order chi connectivity index (χ0) is 18.8. The molecule has 0 bridgehead atoms. The topological polar surface area (TPSA) is 59.2 Å². The van der Waals surface area contributed by atoms with Crippen molar-refractivity contribution in [2.24, 2.45) is 0 Å². The number of carbonyl (C=O) groups is 2. The number of hydrogen-bond donors (Lipinski definition) is 1. The third-order valence-corrected chi connectivity index (χ3v) is 5.68. The predicted octanol–water partition coefficient (Wildman–Crippen LogP) is 0.187. The summed E-state index contributed by atoms with van der Waals surface area (Å²) < 4.78 is 0. The Hall–Kier alpha value is -2.44. The Kier molecular flexibility index (Phi) is 5.09. The Bertz CT molecular complexity index is 820. The molecule has 1 aromatic heterocycles. The molecular formula is C20H23ClN4O2+2. The van der Waals surface area contributed by atoms with Gasteiger partial charge in [0, 0.05) is 11.1 Å². The van der Waals surface area contributed by atoms with Gasteiger partial charge in [0.25, 0.3) is 11.7 Å². The standard InChI is InChI=1S/C20H21ClN4O2/c21-16-6-4-15(5-7-16)14-25-19(26)13-17(20(25)27)23-9-11-24(12-10-23)18-3-1-2-8-22-18/h1-8,17H,9-14H2/p+2/t17-/m1/s1. The second kappa shape index (κ2) is 7.66. The van der Waals surface area contributed by atoms with Gasteiger partial charge in [0.05, 0.1) is 19.2 Å². The second-order valence-electron chi connectivity index (χ2n) is 7.09. The van der Waals surface area contributed by atoms with Crippen molar-refractivity contribution in [1.82, 2.24) is 4.90 Å². The van der Waals surface area contributed by atoms with E-state index in [-0.39, 0.29) is 17.9 Å². The van der Waals surface area contributed by atoms with Crippen LogP contribution >= 0.6 is 11.6 Å². The van der Waals surface area contributed by atoms with Crippen LogP contribution in [0.15, 0.2) is 48.7 Å². The Balaban J connectivity index is 1.38. The molecule has 0 radical (unpaired) electrons. The normalized spacial score (nSPS) is 21.1. The molecule has 2 N–H and O–H groups in total. The number of hydrogen-bond acceptors (Lipinski definition) is 3. The van der Waals surface area contributed by atoms with Gasteiger partial charge >= 0.3 is 0 Å². The Morgan fingerprint density at radius 3 is 2.48 bits per heavy atom. The molecule has 27 heavy (non-hydrogen) atoms. The predicted molar refractivity (Wildman–Crippen MR) is 101 cm³/mol. The highest BCUT2D eigenvalue weighted by Crippen LogP contribution is 2.17. The molecule has 1 atom stereocenters. The number of quaternary nitrogens is 1. The number of imide groups is 1. The summed E-state index contributed by atoms with van der Waals surface area (Å²) in [4.78, 5) is 33.5. The molecule has 2 aromatic rings. The number of aromatic nitrogens is 1. The molecule has 0 aliphatic carbocycles. The number of likely N-dealkylation sites (tertiary alicyclic amines) is 1. The van der Waals surface area contributed by atoms with E-state index in [1.165, 1.54) is 9.80 Å². The van der Waals surface area contributed by atoms with Gasteiger partial charge in [-0.2, -0.15) is 0 Å². The number of rotatable bonds is 4. The maximum Gasteiger partial charge on any atom is 0.288 e. The molecule has 6 nitrogen and oxygen atoms in total. The molecule has 4 rings (SSSR count). The van der Waals surface area contributed by atoms with Crippen molar-refractivity contribution in [1.29, 1.82) is 0 Å². The number of halogens is 1. The van der Waals surface area contributed by atoms with Crippen molar-refractivity contribution >= 4 is 29.2 Å². The van der Waals surface area contributed by atoms with E-state index in [0.29, 0.717) is 18.0 Å². The van der Waals surface area contributed by atoms with E-state index in [1.807, 2.05) is 30.5 Å². The fourth-order valence-electron chi connectivity index (χ4n) is 3.90. The average Bonchev–Trinajstić information content (AvgIpc) is 2.99. The summed E-state index contributed by atoms with van der Waals surface area (Å²) in [5, 5.41) is 0.647. The number of anilines is 1. The van der Waals surface area contributed by atoms with Crippen LogP contribution < -0.4 is 14.8 Å². The summed E-state index contributed by atoms with van der Waals surface area (Å²) in [5.74, 6) is 0.964. The molecule has 1 aromatic carbocycles. The lowest BCUT2D eigenvalue weighted by molar-refractivity contribution is -0.915. The van der Waals surface area contributed by atoms with Gasteiger partial charge in [-0.3, -0.25) is 19.4 Å². The van der Waals surface area contributed by atoms with Gasteiger partial charge in [-0.1, -0.05) is 29.8 Å². The summed E-state index contributed by atoms with van der Waals surface area (Å²) in [5.41, 5.74) is 0.918. The summed E-state index contributed by atoms with van der Waals surface area (Å²) in [6.45, 7) is 3.75. The third-order valence-electron chi connectivity index (χ3n) is 5.43. The molecule has 0 unspecified atom stereocenters. The van der Waals surface area contributed by atoms with Crippen LogP contribution in [0.2, 0.25) is 5.02 Å². The molecule has 7 heteroatoms. The summed E-state index contributed by atoms with van der Waals surface area (Å²) in [6.07, 6.45) is 2.22. The van der Waals surface area contributed by atoms with Gasteiger partial charge in [-0.05, 0) is 23.8 Å². The van der Waals surface area contributed by atoms with E-state index in [9.17, 15) is 9.59 Å². The maximum absolute atomic E-state index is 12.9. The number of nitrogens with zero attached hydrogens (tertiary/aromatic N) is 2. The van der Waals surface area contributed by atoms with Gasteiger partial charge in [-0.25, -0.2) is 4.98 Å². The van der Waals surface area contributed by atoms with Crippen LogP contribution in [0.5, 0.6) is 0 Å². The van der Waals surface area contributed by atoms with Crippen molar-refractivity contribution < 1.29 is 19.5 Å². The summed E-state index contributed by atoms with van der Waals surface area (Å²) in [7, 11) is 0. The number of piperazine rings is 1. The van der Waals surface area contributed by atoms with Gasteiger partial charge in [0.1, 0.15) is 26.2 Å². The minimum Gasteiger partial charge on any atom is -0.318 e. The van der Waals surface area contributed by atoms with E-state index in [1.54, 1.807) is 12.1 Å². The molecule has 2 amide bonds. The number of H-pyrrole nitrogens is 1. The lowest BCUT2D eigenvalue weighted by atomic mass is 10.1. The first kappa shape index (κ1) is 17.9. The quantitative estimate of drug-likeness (QED) is 0.763. The second-order valence-corrected chi connectivity index (χ2v) is 7.53. The number of aromatic amines is 1. The minimum absolute atomic E-state index is 0.0512. The van der Waals surface area contributed by atoms with E-state index in [4.69, 9.17) is 11.6 Å². The zero-order valence-corrected chi connectivity index (χ0v) is 15.8. The number of carbonyl (C=O) groups excluding carboxylic acids is 2. The smallest absolute Gasteiger partial charge is 0.288 e. The van der Waals surface area contributed by atoms with Crippen LogP contribution in [0.3, 0.4) is 0 Å². The van der Waals surface area contributed by atoms with Crippen LogP contribution in [0.25, 0.3) is 0 Å². The first-order valence-electron chi connectivity index (χ1n) is 9.27. The molecule has 0 saturated carbocycles. The van der Waals surface area contributed by atoms with E-state index < -0.39 is 0 Å². The highest BCUT2D eigenvalue weighted by Gasteiger charge is 2.46. The largest absolute Gasteiger partial charge is 0.318 e. The Morgan fingerprint density at radius 1 is 1.07 bits per heavy atom. The third kappa shape index (κ3) is 3.82. The zero-order valence-electron chi connectivity index (χ0n) is 15.0. The van der Waals surface area contributed by atoms with Crippen molar-refractivity contribution in [3.05, 3.63) is 59.2 Å². The highest BCUT2D eigenvalue weighted by atomic mass is 35.5. The molecule has 2 aliphatic heterocycles. The first-order valence-corrected chi connectivity index (χ1v) is 9.64. The molecule has 2 aliphatic rings. The van der Waals surface area contributed by atoms with Crippen LogP contribution in [0.4, 0.5) is 5.82 Å². The number of pyridine rings is 1. The number of amides is 2. The Morgan fingerprint density at radius 2 is 1.81 bits per heavy atom. The van der Waals surface area contributed by atoms with Gasteiger partial charge in [0.2, 0.25) is 5.91 Å². The van der Waals surface area contributed by atoms with Crippen molar-refractivity contribution in [2.75, 3.05) is 31.1 Å². The lowest BCUT2D eigenvalue weighted by Crippen LogP contribution is -3.19. The number of benzene rings is 1. The van der Waals surface area contributed by atoms with Crippen molar-refractivity contribution in [2.45, 2.75) is 19.0 Å². The van der Waals surface area contributed by atoms with Crippen LogP contribution in [0.1, 0.15) is 12.0 Å². The molecular weight excluding hydrogens is 364 g/mol. The van der Waals surface area contributed by atoms with Crippen LogP contribution in [-0.4, -0.2) is 48.9 Å². The molecule has 2 saturated heterocycles. The monoisotopic (exact) mass is 386 g/mol. The van der Waals surface area contributed by atoms with E-state index >= 15 is 0 Å². The van der Waals surface area contributed by atoms with Crippen molar-refractivity contribution in [3.63, 3.8) is 0 Å². The van der Waals surface area contributed by atoms with Gasteiger partial charge in [0.15, 0.2) is 6.04 Å². The van der Waals surface area contributed by atoms with Gasteiger partial charge in [-0.15, -0.1) is 0 Å².